The smallest absolute Gasteiger partial charge is 0.228 e. The number of aromatic nitrogens is 1. The molecule has 2 nitrogen and oxygen atoms in total. The van der Waals surface area contributed by atoms with Crippen LogP contribution >= 0.6 is 34.8 Å². The van der Waals surface area contributed by atoms with Crippen LogP contribution < -0.4 is 0 Å². The number of rotatable bonds is 0. The van der Waals surface area contributed by atoms with Crippen molar-refractivity contribution >= 4 is 40.7 Å². The quantitative estimate of drug-likeness (QED) is 0.648. The molecule has 0 saturated heterocycles. The third-order valence-corrected chi connectivity index (χ3v) is 2.42. The Bertz CT molecular complexity index is 305. The van der Waals surface area contributed by atoms with Gasteiger partial charge in [0, 0.05) is 13.1 Å². The van der Waals surface area contributed by atoms with Gasteiger partial charge >= 0.3 is 0 Å². The molecule has 0 unspecified atom stereocenters. The van der Waals surface area contributed by atoms with Crippen molar-refractivity contribution in [3.05, 3.63) is 21.4 Å². The highest BCUT2D eigenvalue weighted by molar-refractivity contribution is 6.48. The van der Waals surface area contributed by atoms with E-state index in [1.807, 2.05) is 0 Å². The van der Waals surface area contributed by atoms with Crippen LogP contribution in [0.3, 0.4) is 0 Å². The molecule has 1 rings (SSSR count). The number of carbonyl (C=O) groups is 1. The highest BCUT2D eigenvalue weighted by atomic mass is 35.5. The Morgan fingerprint density at radius 3 is 2.18 bits per heavy atom. The van der Waals surface area contributed by atoms with E-state index in [0.717, 1.165) is 0 Å². The molecule has 0 atom stereocenters. The minimum atomic E-state index is -0.219. The third-order valence-electron chi connectivity index (χ3n) is 1.18. The lowest BCUT2D eigenvalue weighted by Crippen LogP contribution is -2.02. The molecular formula is C6H4Cl3NO. The lowest BCUT2D eigenvalue weighted by atomic mass is 10.7. The standard InChI is InChI=1S/C6H4Cl3NO/c1-3(11)10-2-4(7)5(8)6(10)9/h2H,1H3. The van der Waals surface area contributed by atoms with Crippen molar-refractivity contribution in [2.75, 3.05) is 0 Å². The van der Waals surface area contributed by atoms with Gasteiger partial charge in [0.15, 0.2) is 0 Å². The summed E-state index contributed by atoms with van der Waals surface area (Å²) in [6.45, 7) is 1.37. The predicted octanol–water partition coefficient (Wildman–Crippen LogP) is 3.11. The fourth-order valence-electron chi connectivity index (χ4n) is 0.660. The van der Waals surface area contributed by atoms with Gasteiger partial charge in [-0.25, -0.2) is 0 Å². The molecule has 0 radical (unpaired) electrons. The first-order valence-corrected chi connectivity index (χ1v) is 3.90. The summed E-state index contributed by atoms with van der Waals surface area (Å²) in [6.07, 6.45) is 1.38. The number of halogens is 3. The van der Waals surface area contributed by atoms with Crippen LogP contribution in [-0.2, 0) is 0 Å². The molecule has 0 bridgehead atoms. The molecule has 60 valence electrons. The molecule has 1 aromatic rings. The summed E-state index contributed by atoms with van der Waals surface area (Å²) in [5, 5.41) is 0.652. The van der Waals surface area contributed by atoms with Crippen molar-refractivity contribution in [1.29, 1.82) is 0 Å². The van der Waals surface area contributed by atoms with Gasteiger partial charge in [0.25, 0.3) is 0 Å². The summed E-state index contributed by atoms with van der Waals surface area (Å²) in [5.41, 5.74) is 0. The molecule has 0 aromatic carbocycles. The topological polar surface area (TPSA) is 22.0 Å². The van der Waals surface area contributed by atoms with Gasteiger partial charge in [0.1, 0.15) is 5.15 Å². The fourth-order valence-corrected chi connectivity index (χ4v) is 1.31. The third kappa shape index (κ3) is 1.53. The van der Waals surface area contributed by atoms with Crippen LogP contribution in [0.4, 0.5) is 0 Å². The minimum absolute atomic E-state index is 0.157. The molecule has 0 N–H and O–H groups in total. The van der Waals surface area contributed by atoms with Crippen molar-refractivity contribution in [1.82, 2.24) is 4.57 Å². The first-order valence-electron chi connectivity index (χ1n) is 2.77. The highest BCUT2D eigenvalue weighted by Gasteiger charge is 2.12. The molecular weight excluding hydrogens is 208 g/mol. The Labute approximate surface area is 78.7 Å². The molecule has 0 saturated carbocycles. The van der Waals surface area contributed by atoms with Crippen LogP contribution in [0.25, 0.3) is 0 Å². The van der Waals surface area contributed by atoms with E-state index in [2.05, 4.69) is 0 Å². The van der Waals surface area contributed by atoms with Gasteiger partial charge in [0.2, 0.25) is 5.91 Å². The Hall–Kier alpha value is -0.180. The second kappa shape index (κ2) is 3.05. The van der Waals surface area contributed by atoms with E-state index in [1.54, 1.807) is 0 Å². The van der Waals surface area contributed by atoms with E-state index in [0.29, 0.717) is 0 Å². The van der Waals surface area contributed by atoms with Crippen LogP contribution in [0.5, 0.6) is 0 Å². The van der Waals surface area contributed by atoms with Gasteiger partial charge in [-0.15, -0.1) is 0 Å². The summed E-state index contributed by atoms with van der Waals surface area (Å²) in [6, 6.07) is 0. The predicted molar refractivity (Wildman–Crippen MR) is 45.8 cm³/mol. The molecule has 11 heavy (non-hydrogen) atoms. The first kappa shape index (κ1) is 8.91. The average Bonchev–Trinajstić information content (AvgIpc) is 2.17. The van der Waals surface area contributed by atoms with Crippen LogP contribution in [0.2, 0.25) is 15.2 Å². The maximum absolute atomic E-state index is 10.8. The van der Waals surface area contributed by atoms with E-state index in [1.165, 1.54) is 17.7 Å². The lowest BCUT2D eigenvalue weighted by molar-refractivity contribution is 0.0937. The average molecular weight is 212 g/mol. The maximum Gasteiger partial charge on any atom is 0.228 e. The zero-order valence-electron chi connectivity index (χ0n) is 5.57. The maximum atomic E-state index is 10.8. The molecule has 0 fully saturated rings. The van der Waals surface area contributed by atoms with Gasteiger partial charge in [-0.2, -0.15) is 0 Å². The number of hydrogen-bond acceptors (Lipinski definition) is 1. The van der Waals surface area contributed by atoms with Crippen molar-refractivity contribution in [3.8, 4) is 0 Å². The summed E-state index contributed by atoms with van der Waals surface area (Å²) < 4.78 is 1.19. The molecule has 1 aromatic heterocycles. The van der Waals surface area contributed by atoms with Gasteiger partial charge in [-0.1, -0.05) is 34.8 Å². The molecule has 0 aliphatic rings. The minimum Gasteiger partial charge on any atom is -0.275 e. The Morgan fingerprint density at radius 1 is 1.45 bits per heavy atom. The Balaban J connectivity index is 3.29. The van der Waals surface area contributed by atoms with E-state index < -0.39 is 0 Å². The molecule has 0 amide bonds. The zero-order chi connectivity index (χ0) is 8.59. The van der Waals surface area contributed by atoms with Gasteiger partial charge < -0.3 is 0 Å². The van der Waals surface area contributed by atoms with E-state index in [9.17, 15) is 4.79 Å². The van der Waals surface area contributed by atoms with E-state index in [4.69, 9.17) is 34.8 Å². The number of nitrogens with zero attached hydrogens (tertiary/aromatic N) is 1. The van der Waals surface area contributed by atoms with Crippen LogP contribution in [0.15, 0.2) is 6.20 Å². The van der Waals surface area contributed by atoms with Crippen LogP contribution in [0, 0.1) is 0 Å². The van der Waals surface area contributed by atoms with Gasteiger partial charge in [-0.3, -0.25) is 9.36 Å². The van der Waals surface area contributed by atoms with Crippen molar-refractivity contribution in [2.45, 2.75) is 6.92 Å². The molecule has 0 spiro atoms. The lowest BCUT2D eigenvalue weighted by Gasteiger charge is -1.94. The zero-order valence-corrected chi connectivity index (χ0v) is 7.83. The number of hydrogen-bond donors (Lipinski definition) is 0. The number of carbonyl (C=O) groups excluding carboxylic acids is 1. The summed E-state index contributed by atoms with van der Waals surface area (Å²) in [7, 11) is 0. The van der Waals surface area contributed by atoms with Gasteiger partial charge in [-0.05, 0) is 0 Å². The van der Waals surface area contributed by atoms with Gasteiger partial charge in [0.05, 0.1) is 10.0 Å². The molecule has 0 aliphatic heterocycles. The van der Waals surface area contributed by atoms with Crippen LogP contribution in [-0.4, -0.2) is 10.5 Å². The second-order valence-corrected chi connectivity index (χ2v) is 3.11. The highest BCUT2D eigenvalue weighted by Crippen LogP contribution is 2.31. The summed E-state index contributed by atoms with van der Waals surface area (Å²) >= 11 is 16.8. The summed E-state index contributed by atoms with van der Waals surface area (Å²) in [4.78, 5) is 10.8. The SMILES string of the molecule is CC(=O)n1cc(Cl)c(Cl)c1Cl. The van der Waals surface area contributed by atoms with E-state index in [-0.39, 0.29) is 21.1 Å². The van der Waals surface area contributed by atoms with E-state index >= 15 is 0 Å². The molecule has 0 aliphatic carbocycles. The Morgan fingerprint density at radius 2 is 2.00 bits per heavy atom. The molecule has 5 heteroatoms. The summed E-state index contributed by atoms with van der Waals surface area (Å²) in [5.74, 6) is -0.219. The second-order valence-electron chi connectivity index (χ2n) is 1.97. The van der Waals surface area contributed by atoms with Crippen molar-refractivity contribution < 1.29 is 4.79 Å². The Kier molecular flexibility index (Phi) is 2.47. The normalized spacial score (nSPS) is 10.2. The largest absolute Gasteiger partial charge is 0.275 e. The fraction of sp³-hybridized carbons (Fsp3) is 0.167. The molecule has 1 heterocycles. The van der Waals surface area contributed by atoms with Crippen molar-refractivity contribution in [2.24, 2.45) is 0 Å². The van der Waals surface area contributed by atoms with Crippen molar-refractivity contribution in [3.63, 3.8) is 0 Å². The van der Waals surface area contributed by atoms with Crippen LogP contribution in [0.1, 0.15) is 11.7 Å². The first-order chi connectivity index (χ1) is 5.04. The monoisotopic (exact) mass is 211 g/mol.